The summed E-state index contributed by atoms with van der Waals surface area (Å²) in [5, 5.41) is 10.7. The van der Waals surface area contributed by atoms with Gasteiger partial charge in [-0.2, -0.15) is 10.2 Å². The van der Waals surface area contributed by atoms with Crippen LogP contribution in [0.3, 0.4) is 0 Å². The van der Waals surface area contributed by atoms with E-state index in [1.54, 1.807) is 0 Å². The van der Waals surface area contributed by atoms with Crippen LogP contribution in [0, 0.1) is 0 Å². The van der Waals surface area contributed by atoms with E-state index in [1.165, 1.54) is 64.5 Å². The van der Waals surface area contributed by atoms with Crippen LogP contribution >= 0.6 is 0 Å². The molecule has 0 aromatic heterocycles. The van der Waals surface area contributed by atoms with Gasteiger partial charge in [-0.1, -0.05) is 54.4 Å². The molecule has 1 saturated heterocycles. The fourth-order valence-electron chi connectivity index (χ4n) is 4.19. The highest BCUT2D eigenvalue weighted by atomic mass is 16.0. The zero-order valence-corrected chi connectivity index (χ0v) is 17.4. The summed E-state index contributed by atoms with van der Waals surface area (Å²) in [6.07, 6.45) is 10.0. The minimum atomic E-state index is 0.668. The summed E-state index contributed by atoms with van der Waals surface area (Å²) in [5.74, 6) is 0. The molecule has 24 heavy (non-hydrogen) atoms. The van der Waals surface area contributed by atoms with E-state index in [0.717, 1.165) is 13.1 Å². The summed E-state index contributed by atoms with van der Waals surface area (Å²) in [4.78, 5) is 0. The first kappa shape index (κ1) is 21.9. The second-order valence-electron chi connectivity index (χ2n) is 7.23. The van der Waals surface area contributed by atoms with Crippen LogP contribution in [-0.2, 0) is 0 Å². The molecule has 0 spiro atoms. The van der Waals surface area contributed by atoms with Crippen molar-refractivity contribution in [2.45, 2.75) is 105 Å². The van der Waals surface area contributed by atoms with Crippen LogP contribution in [0.25, 0.3) is 0 Å². The molecule has 1 aliphatic rings. The SMILES string of the molecule is CCCC1C(CCC)N(CCC)N(CCC)N(CCC)N1CCC. The summed E-state index contributed by atoms with van der Waals surface area (Å²) in [7, 11) is 0. The first-order valence-corrected chi connectivity index (χ1v) is 10.8. The van der Waals surface area contributed by atoms with Gasteiger partial charge in [0.1, 0.15) is 0 Å². The molecule has 2 atom stereocenters. The summed E-state index contributed by atoms with van der Waals surface area (Å²) in [5.41, 5.74) is 0. The van der Waals surface area contributed by atoms with Gasteiger partial charge in [0.2, 0.25) is 0 Å². The van der Waals surface area contributed by atoms with Crippen LogP contribution in [0.15, 0.2) is 0 Å². The molecule has 0 saturated carbocycles. The predicted molar refractivity (Wildman–Crippen MR) is 105 cm³/mol. The Morgan fingerprint density at radius 1 is 0.458 bits per heavy atom. The molecule has 1 fully saturated rings. The van der Waals surface area contributed by atoms with Gasteiger partial charge in [0.15, 0.2) is 0 Å². The summed E-state index contributed by atoms with van der Waals surface area (Å²) in [6, 6.07) is 1.34. The Bertz CT molecular complexity index is 220. The first-order chi connectivity index (χ1) is 11.7. The largest absolute Gasteiger partial charge is 0.222 e. The van der Waals surface area contributed by atoms with Crippen molar-refractivity contribution in [1.29, 1.82) is 0 Å². The molecule has 4 nitrogen and oxygen atoms in total. The Hall–Kier alpha value is -0.160. The van der Waals surface area contributed by atoms with E-state index in [1.807, 2.05) is 0 Å². The number of nitrogens with zero attached hydrogens (tertiary/aromatic N) is 4. The first-order valence-electron chi connectivity index (χ1n) is 10.8. The standard InChI is InChI=1S/C20H44N4/c1-7-13-19-20(14-8-2)22(16-10-4)24(18-12-6)23(17-11-5)21(19)15-9-3/h19-20H,7-18H2,1-6H3. The Morgan fingerprint density at radius 2 is 0.792 bits per heavy atom. The molecule has 0 aliphatic carbocycles. The molecule has 4 heteroatoms. The Labute approximate surface area is 152 Å². The second-order valence-corrected chi connectivity index (χ2v) is 7.23. The third-order valence-corrected chi connectivity index (χ3v) is 4.99. The van der Waals surface area contributed by atoms with E-state index >= 15 is 0 Å². The summed E-state index contributed by atoms with van der Waals surface area (Å²) < 4.78 is 0. The number of hydrogen-bond acceptors (Lipinski definition) is 4. The van der Waals surface area contributed by atoms with Crippen molar-refractivity contribution in [3.63, 3.8) is 0 Å². The fraction of sp³-hybridized carbons (Fsp3) is 1.00. The van der Waals surface area contributed by atoms with Crippen LogP contribution in [0.1, 0.15) is 92.9 Å². The van der Waals surface area contributed by atoms with Crippen LogP contribution in [0.4, 0.5) is 0 Å². The van der Waals surface area contributed by atoms with Crippen molar-refractivity contribution in [2.24, 2.45) is 0 Å². The van der Waals surface area contributed by atoms with Crippen molar-refractivity contribution in [3.05, 3.63) is 0 Å². The van der Waals surface area contributed by atoms with Crippen molar-refractivity contribution < 1.29 is 0 Å². The second kappa shape index (κ2) is 12.2. The fourth-order valence-corrected chi connectivity index (χ4v) is 4.19. The van der Waals surface area contributed by atoms with Gasteiger partial charge in [0.25, 0.3) is 0 Å². The number of hydrazine groups is 3. The van der Waals surface area contributed by atoms with Crippen LogP contribution in [0.2, 0.25) is 0 Å². The van der Waals surface area contributed by atoms with Gasteiger partial charge in [-0.3, -0.25) is 0 Å². The summed E-state index contributed by atoms with van der Waals surface area (Å²) >= 11 is 0. The highest BCUT2D eigenvalue weighted by Crippen LogP contribution is 2.31. The molecule has 0 amide bonds. The molecule has 0 radical (unpaired) electrons. The Balaban J connectivity index is 3.22. The van der Waals surface area contributed by atoms with E-state index in [2.05, 4.69) is 61.8 Å². The van der Waals surface area contributed by atoms with Crippen molar-refractivity contribution in [3.8, 4) is 0 Å². The third-order valence-electron chi connectivity index (χ3n) is 4.99. The smallest absolute Gasteiger partial charge is 0.0429 e. The van der Waals surface area contributed by atoms with Crippen LogP contribution in [0.5, 0.6) is 0 Å². The van der Waals surface area contributed by atoms with Gasteiger partial charge < -0.3 is 0 Å². The average molecular weight is 341 g/mol. The summed E-state index contributed by atoms with van der Waals surface area (Å²) in [6.45, 7) is 18.6. The Kier molecular flexibility index (Phi) is 11.2. The molecular formula is C20H44N4. The molecule has 0 bridgehead atoms. The molecule has 2 unspecified atom stereocenters. The predicted octanol–water partition coefficient (Wildman–Crippen LogP) is 4.93. The monoisotopic (exact) mass is 340 g/mol. The zero-order valence-electron chi connectivity index (χ0n) is 17.4. The lowest BCUT2D eigenvalue weighted by Crippen LogP contribution is -2.73. The van der Waals surface area contributed by atoms with Gasteiger partial charge >= 0.3 is 0 Å². The van der Waals surface area contributed by atoms with E-state index < -0.39 is 0 Å². The van der Waals surface area contributed by atoms with E-state index in [9.17, 15) is 0 Å². The minimum Gasteiger partial charge on any atom is -0.222 e. The average Bonchev–Trinajstić information content (AvgIpc) is 2.57. The van der Waals surface area contributed by atoms with Crippen molar-refractivity contribution in [2.75, 3.05) is 26.2 Å². The topological polar surface area (TPSA) is 13.0 Å². The zero-order chi connectivity index (χ0) is 17.9. The molecule has 1 rings (SSSR count). The third kappa shape index (κ3) is 5.42. The van der Waals surface area contributed by atoms with Gasteiger partial charge in [0, 0.05) is 38.3 Å². The molecule has 1 heterocycles. The lowest BCUT2D eigenvalue weighted by Gasteiger charge is -2.59. The van der Waals surface area contributed by atoms with Crippen molar-refractivity contribution in [1.82, 2.24) is 20.3 Å². The van der Waals surface area contributed by atoms with Gasteiger partial charge in [-0.05, 0) is 38.5 Å². The quantitative estimate of drug-likeness (QED) is 0.499. The number of hydrogen-bond donors (Lipinski definition) is 0. The Morgan fingerprint density at radius 3 is 1.04 bits per heavy atom. The molecule has 0 aromatic rings. The van der Waals surface area contributed by atoms with Crippen molar-refractivity contribution >= 4 is 0 Å². The van der Waals surface area contributed by atoms with Crippen LogP contribution in [-0.4, -0.2) is 58.5 Å². The highest BCUT2D eigenvalue weighted by molar-refractivity contribution is 4.88. The lowest BCUT2D eigenvalue weighted by molar-refractivity contribution is -0.348. The maximum Gasteiger partial charge on any atom is 0.0429 e. The maximum absolute atomic E-state index is 2.73. The highest BCUT2D eigenvalue weighted by Gasteiger charge is 2.43. The molecular weight excluding hydrogens is 296 g/mol. The van der Waals surface area contributed by atoms with Gasteiger partial charge in [-0.25, -0.2) is 10.0 Å². The van der Waals surface area contributed by atoms with E-state index in [-0.39, 0.29) is 0 Å². The van der Waals surface area contributed by atoms with E-state index in [4.69, 9.17) is 0 Å². The maximum atomic E-state index is 2.73. The van der Waals surface area contributed by atoms with Gasteiger partial charge in [-0.15, -0.1) is 0 Å². The lowest BCUT2D eigenvalue weighted by atomic mass is 9.96. The molecule has 0 aromatic carbocycles. The number of rotatable bonds is 12. The van der Waals surface area contributed by atoms with Crippen LogP contribution < -0.4 is 0 Å². The molecule has 144 valence electrons. The normalized spacial score (nSPS) is 24.8. The molecule has 1 aliphatic heterocycles. The van der Waals surface area contributed by atoms with Gasteiger partial charge in [0.05, 0.1) is 0 Å². The minimum absolute atomic E-state index is 0.668. The molecule has 0 N–H and O–H groups in total. The van der Waals surface area contributed by atoms with E-state index in [0.29, 0.717) is 12.1 Å².